The zero-order valence-electron chi connectivity index (χ0n) is 7.77. The summed E-state index contributed by atoms with van der Waals surface area (Å²) in [5, 5.41) is 0. The summed E-state index contributed by atoms with van der Waals surface area (Å²) in [7, 11) is 0. The molecule has 1 unspecified atom stereocenters. The van der Waals surface area contributed by atoms with E-state index in [1.54, 1.807) is 6.08 Å². The molecular formula is C10H16O. The lowest BCUT2D eigenvalue weighted by Crippen LogP contribution is -2.31. The summed E-state index contributed by atoms with van der Waals surface area (Å²) in [6.07, 6.45) is 2.84. The fraction of sp³-hybridized carbons (Fsp3) is 0.700. The van der Waals surface area contributed by atoms with E-state index in [1.807, 2.05) is 13.8 Å². The third-order valence-electron chi connectivity index (χ3n) is 2.72. The standard InChI is InChI=1S/C10H16O/c1-7-5-9(11)8(2)10(3,4)6-7/h5,8H,6H2,1-4H3. The molecule has 0 heterocycles. The van der Waals surface area contributed by atoms with Gasteiger partial charge >= 0.3 is 0 Å². The molecule has 0 fully saturated rings. The van der Waals surface area contributed by atoms with Crippen LogP contribution in [0.5, 0.6) is 0 Å². The van der Waals surface area contributed by atoms with Crippen LogP contribution < -0.4 is 0 Å². The van der Waals surface area contributed by atoms with Gasteiger partial charge < -0.3 is 0 Å². The molecule has 1 atom stereocenters. The summed E-state index contributed by atoms with van der Waals surface area (Å²) in [5.41, 5.74) is 1.38. The van der Waals surface area contributed by atoms with E-state index in [0.717, 1.165) is 6.42 Å². The van der Waals surface area contributed by atoms with Crippen LogP contribution in [0, 0.1) is 11.3 Å². The van der Waals surface area contributed by atoms with Crippen molar-refractivity contribution >= 4 is 5.78 Å². The highest BCUT2D eigenvalue weighted by atomic mass is 16.1. The largest absolute Gasteiger partial charge is 0.295 e. The Balaban J connectivity index is 2.94. The molecule has 1 nitrogen and oxygen atoms in total. The van der Waals surface area contributed by atoms with Crippen LogP contribution in [0.15, 0.2) is 11.6 Å². The van der Waals surface area contributed by atoms with E-state index in [4.69, 9.17) is 0 Å². The van der Waals surface area contributed by atoms with E-state index in [-0.39, 0.29) is 11.3 Å². The molecule has 0 aromatic carbocycles. The number of carbonyl (C=O) groups excluding carboxylic acids is 1. The average molecular weight is 152 g/mol. The van der Waals surface area contributed by atoms with Gasteiger partial charge in [0, 0.05) is 5.92 Å². The van der Waals surface area contributed by atoms with Gasteiger partial charge in [-0.25, -0.2) is 0 Å². The maximum atomic E-state index is 11.3. The first-order valence-corrected chi connectivity index (χ1v) is 4.14. The zero-order valence-corrected chi connectivity index (χ0v) is 7.77. The van der Waals surface area contributed by atoms with E-state index >= 15 is 0 Å². The minimum atomic E-state index is 0.163. The van der Waals surface area contributed by atoms with Crippen molar-refractivity contribution in [2.75, 3.05) is 0 Å². The second-order valence-corrected chi connectivity index (χ2v) is 4.28. The fourth-order valence-corrected chi connectivity index (χ4v) is 1.68. The van der Waals surface area contributed by atoms with Crippen molar-refractivity contribution in [3.63, 3.8) is 0 Å². The molecule has 0 bridgehead atoms. The molecule has 1 heteroatoms. The van der Waals surface area contributed by atoms with Crippen molar-refractivity contribution in [2.45, 2.75) is 34.1 Å². The molecule has 0 saturated heterocycles. The number of rotatable bonds is 0. The monoisotopic (exact) mass is 152 g/mol. The van der Waals surface area contributed by atoms with E-state index in [2.05, 4.69) is 13.8 Å². The number of allylic oxidation sites excluding steroid dienone is 2. The molecule has 0 amide bonds. The maximum absolute atomic E-state index is 11.3. The predicted molar refractivity (Wildman–Crippen MR) is 46.3 cm³/mol. The van der Waals surface area contributed by atoms with Gasteiger partial charge in [-0.1, -0.05) is 26.3 Å². The summed E-state index contributed by atoms with van der Waals surface area (Å²) in [4.78, 5) is 11.3. The van der Waals surface area contributed by atoms with Crippen LogP contribution >= 0.6 is 0 Å². The van der Waals surface area contributed by atoms with Gasteiger partial charge in [-0.2, -0.15) is 0 Å². The van der Waals surface area contributed by atoms with Crippen molar-refractivity contribution in [3.05, 3.63) is 11.6 Å². The molecule has 1 aliphatic rings. The summed E-state index contributed by atoms with van der Waals surface area (Å²) >= 11 is 0. The van der Waals surface area contributed by atoms with Crippen LogP contribution in [-0.4, -0.2) is 5.78 Å². The molecule has 1 aliphatic carbocycles. The van der Waals surface area contributed by atoms with Crippen molar-refractivity contribution in [1.29, 1.82) is 0 Å². The maximum Gasteiger partial charge on any atom is 0.158 e. The van der Waals surface area contributed by atoms with Gasteiger partial charge in [-0.05, 0) is 24.8 Å². The lowest BCUT2D eigenvalue weighted by Gasteiger charge is -2.34. The molecule has 62 valence electrons. The lowest BCUT2D eigenvalue weighted by atomic mass is 9.70. The van der Waals surface area contributed by atoms with Crippen LogP contribution in [-0.2, 0) is 4.79 Å². The Bertz CT molecular complexity index is 211. The molecule has 0 N–H and O–H groups in total. The van der Waals surface area contributed by atoms with Gasteiger partial charge in [-0.15, -0.1) is 0 Å². The van der Waals surface area contributed by atoms with Gasteiger partial charge in [0.2, 0.25) is 0 Å². The first-order chi connectivity index (χ1) is 4.93. The van der Waals surface area contributed by atoms with Crippen molar-refractivity contribution in [2.24, 2.45) is 11.3 Å². The second-order valence-electron chi connectivity index (χ2n) is 4.28. The topological polar surface area (TPSA) is 17.1 Å². The molecule has 0 spiro atoms. The van der Waals surface area contributed by atoms with Crippen LogP contribution in [0.1, 0.15) is 34.1 Å². The molecule has 1 rings (SSSR count). The zero-order chi connectivity index (χ0) is 8.65. The molecule has 11 heavy (non-hydrogen) atoms. The molecule has 0 aromatic rings. The Morgan fingerprint density at radius 2 is 2.09 bits per heavy atom. The Kier molecular flexibility index (Phi) is 1.91. The normalized spacial score (nSPS) is 30.0. The van der Waals surface area contributed by atoms with Gasteiger partial charge in [0.1, 0.15) is 0 Å². The Hall–Kier alpha value is -0.590. The minimum Gasteiger partial charge on any atom is -0.295 e. The van der Waals surface area contributed by atoms with Gasteiger partial charge in [0.15, 0.2) is 5.78 Å². The number of hydrogen-bond acceptors (Lipinski definition) is 1. The third-order valence-corrected chi connectivity index (χ3v) is 2.72. The second kappa shape index (κ2) is 2.47. The molecule has 0 saturated carbocycles. The van der Waals surface area contributed by atoms with Crippen LogP contribution in [0.2, 0.25) is 0 Å². The highest BCUT2D eigenvalue weighted by Gasteiger charge is 2.33. The summed E-state index contributed by atoms with van der Waals surface area (Å²) in [5.74, 6) is 0.477. The highest BCUT2D eigenvalue weighted by molar-refractivity contribution is 5.93. The number of hydrogen-bond donors (Lipinski definition) is 0. The number of carbonyl (C=O) groups is 1. The fourth-order valence-electron chi connectivity index (χ4n) is 1.68. The molecule has 0 aromatic heterocycles. The van der Waals surface area contributed by atoms with Crippen molar-refractivity contribution in [1.82, 2.24) is 0 Å². The SMILES string of the molecule is CC1=CC(=O)C(C)C(C)(C)C1. The van der Waals surface area contributed by atoms with Crippen LogP contribution in [0.4, 0.5) is 0 Å². The van der Waals surface area contributed by atoms with Gasteiger partial charge in [0.05, 0.1) is 0 Å². The predicted octanol–water partition coefficient (Wildman–Crippen LogP) is 2.57. The Labute approximate surface area is 68.5 Å². The van der Waals surface area contributed by atoms with Gasteiger partial charge in [0.25, 0.3) is 0 Å². The molecule has 0 radical (unpaired) electrons. The van der Waals surface area contributed by atoms with Gasteiger partial charge in [-0.3, -0.25) is 4.79 Å². The summed E-state index contributed by atoms with van der Waals surface area (Å²) < 4.78 is 0. The van der Waals surface area contributed by atoms with Crippen molar-refractivity contribution in [3.8, 4) is 0 Å². The van der Waals surface area contributed by atoms with E-state index < -0.39 is 0 Å². The Morgan fingerprint density at radius 1 is 1.55 bits per heavy atom. The first-order valence-electron chi connectivity index (χ1n) is 4.14. The number of ketones is 1. The Morgan fingerprint density at radius 3 is 2.55 bits per heavy atom. The lowest BCUT2D eigenvalue weighted by molar-refractivity contribution is -0.121. The quantitative estimate of drug-likeness (QED) is 0.521. The van der Waals surface area contributed by atoms with E-state index in [0.29, 0.717) is 5.78 Å². The minimum absolute atomic E-state index is 0.163. The van der Waals surface area contributed by atoms with Crippen LogP contribution in [0.3, 0.4) is 0 Å². The third kappa shape index (κ3) is 1.52. The first kappa shape index (κ1) is 8.51. The van der Waals surface area contributed by atoms with Crippen molar-refractivity contribution < 1.29 is 4.79 Å². The molecular weight excluding hydrogens is 136 g/mol. The average Bonchev–Trinajstić information content (AvgIpc) is 1.81. The van der Waals surface area contributed by atoms with E-state index in [1.165, 1.54) is 5.57 Å². The van der Waals surface area contributed by atoms with Crippen LogP contribution in [0.25, 0.3) is 0 Å². The smallest absolute Gasteiger partial charge is 0.158 e. The highest BCUT2D eigenvalue weighted by Crippen LogP contribution is 2.37. The molecule has 0 aliphatic heterocycles. The summed E-state index contributed by atoms with van der Waals surface area (Å²) in [6, 6.07) is 0. The summed E-state index contributed by atoms with van der Waals surface area (Å²) in [6.45, 7) is 8.37. The van der Waals surface area contributed by atoms with E-state index in [9.17, 15) is 4.79 Å².